The molecule has 0 aromatic carbocycles. The van der Waals surface area contributed by atoms with Crippen LogP contribution in [0.2, 0.25) is 5.15 Å². The zero-order valence-electron chi connectivity index (χ0n) is 8.64. The van der Waals surface area contributed by atoms with E-state index in [0.717, 1.165) is 24.3 Å². The molecule has 80 valence electrons. The molecule has 0 bridgehead atoms. The van der Waals surface area contributed by atoms with Gasteiger partial charge in [-0.05, 0) is 13.8 Å². The Balaban J connectivity index is 2.58. The average Bonchev–Trinajstić information content (AvgIpc) is 2.31. The molecule has 0 amide bonds. The zero-order chi connectivity index (χ0) is 10.7. The first kappa shape index (κ1) is 11.8. The largest absolute Gasteiger partial charge is 0.311 e. The van der Waals surface area contributed by atoms with E-state index >= 15 is 0 Å². The van der Waals surface area contributed by atoms with Gasteiger partial charge in [-0.2, -0.15) is 5.10 Å². The van der Waals surface area contributed by atoms with E-state index in [2.05, 4.69) is 10.4 Å². The van der Waals surface area contributed by atoms with Gasteiger partial charge in [-0.15, -0.1) is 11.6 Å². The van der Waals surface area contributed by atoms with Crippen molar-refractivity contribution in [2.24, 2.45) is 7.05 Å². The molecule has 0 saturated carbocycles. The maximum absolute atomic E-state index is 6.06. The molecule has 1 atom stereocenters. The number of aryl methyl sites for hydroxylation is 2. The van der Waals surface area contributed by atoms with Crippen molar-refractivity contribution in [2.75, 3.05) is 6.54 Å². The SMILES string of the molecule is Cc1nn(C)c(Cl)c1CNCC(C)Cl. The van der Waals surface area contributed by atoms with Crippen LogP contribution in [0.4, 0.5) is 0 Å². The Kier molecular flexibility index (Phi) is 4.23. The lowest BCUT2D eigenvalue weighted by Gasteiger charge is -2.05. The Morgan fingerprint density at radius 3 is 2.64 bits per heavy atom. The van der Waals surface area contributed by atoms with Gasteiger partial charge < -0.3 is 5.32 Å². The minimum atomic E-state index is 0.130. The van der Waals surface area contributed by atoms with Crippen molar-refractivity contribution in [1.29, 1.82) is 0 Å². The van der Waals surface area contributed by atoms with E-state index in [9.17, 15) is 0 Å². The van der Waals surface area contributed by atoms with Crippen LogP contribution < -0.4 is 5.32 Å². The minimum absolute atomic E-state index is 0.130. The molecule has 1 rings (SSSR count). The first-order chi connectivity index (χ1) is 6.52. The molecule has 1 N–H and O–H groups in total. The van der Waals surface area contributed by atoms with Crippen molar-refractivity contribution < 1.29 is 0 Å². The van der Waals surface area contributed by atoms with Crippen LogP contribution in [0.1, 0.15) is 18.2 Å². The van der Waals surface area contributed by atoms with Crippen LogP contribution >= 0.6 is 23.2 Å². The second kappa shape index (κ2) is 5.01. The third kappa shape index (κ3) is 2.87. The quantitative estimate of drug-likeness (QED) is 0.811. The van der Waals surface area contributed by atoms with E-state index in [1.807, 2.05) is 20.9 Å². The Bertz CT molecular complexity index is 307. The Morgan fingerprint density at radius 1 is 1.57 bits per heavy atom. The summed E-state index contributed by atoms with van der Waals surface area (Å²) in [5, 5.41) is 8.27. The average molecular weight is 236 g/mol. The molecule has 1 unspecified atom stereocenters. The van der Waals surface area contributed by atoms with Crippen molar-refractivity contribution >= 4 is 23.2 Å². The monoisotopic (exact) mass is 235 g/mol. The van der Waals surface area contributed by atoms with Crippen LogP contribution in [-0.4, -0.2) is 21.7 Å². The van der Waals surface area contributed by atoms with Crippen LogP contribution in [0.15, 0.2) is 0 Å². The van der Waals surface area contributed by atoms with Crippen LogP contribution in [-0.2, 0) is 13.6 Å². The molecule has 1 aromatic heterocycles. The number of hydrogen-bond donors (Lipinski definition) is 1. The summed E-state index contributed by atoms with van der Waals surface area (Å²) < 4.78 is 1.68. The van der Waals surface area contributed by atoms with E-state index in [1.54, 1.807) is 4.68 Å². The molecular formula is C9H15Cl2N3. The van der Waals surface area contributed by atoms with Gasteiger partial charge in [0.15, 0.2) is 0 Å². The number of nitrogens with zero attached hydrogens (tertiary/aromatic N) is 2. The highest BCUT2D eigenvalue weighted by molar-refractivity contribution is 6.30. The summed E-state index contributed by atoms with van der Waals surface area (Å²) in [5.74, 6) is 0. The molecule has 0 aliphatic carbocycles. The van der Waals surface area contributed by atoms with Gasteiger partial charge >= 0.3 is 0 Å². The molecule has 5 heteroatoms. The molecule has 0 saturated heterocycles. The van der Waals surface area contributed by atoms with Crippen molar-refractivity contribution in [1.82, 2.24) is 15.1 Å². The van der Waals surface area contributed by atoms with Crippen LogP contribution in [0, 0.1) is 6.92 Å². The highest BCUT2D eigenvalue weighted by atomic mass is 35.5. The number of hydrogen-bond acceptors (Lipinski definition) is 2. The number of aromatic nitrogens is 2. The van der Waals surface area contributed by atoms with E-state index in [1.165, 1.54) is 0 Å². The lowest BCUT2D eigenvalue weighted by atomic mass is 10.2. The Labute approximate surface area is 94.4 Å². The van der Waals surface area contributed by atoms with Crippen molar-refractivity contribution in [3.63, 3.8) is 0 Å². The predicted octanol–water partition coefficient (Wildman–Crippen LogP) is 2.10. The van der Waals surface area contributed by atoms with Crippen molar-refractivity contribution in [3.05, 3.63) is 16.4 Å². The smallest absolute Gasteiger partial charge is 0.131 e. The maximum atomic E-state index is 6.06. The fraction of sp³-hybridized carbons (Fsp3) is 0.667. The summed E-state index contributed by atoms with van der Waals surface area (Å²) >= 11 is 11.9. The minimum Gasteiger partial charge on any atom is -0.311 e. The summed E-state index contributed by atoms with van der Waals surface area (Å²) in [7, 11) is 1.84. The van der Waals surface area contributed by atoms with Crippen molar-refractivity contribution in [2.45, 2.75) is 25.8 Å². The second-order valence-electron chi connectivity index (χ2n) is 3.39. The van der Waals surface area contributed by atoms with E-state index in [-0.39, 0.29) is 5.38 Å². The lowest BCUT2D eigenvalue weighted by molar-refractivity contribution is 0.677. The molecule has 0 fully saturated rings. The first-order valence-electron chi connectivity index (χ1n) is 4.55. The molecule has 0 radical (unpaired) electrons. The fourth-order valence-corrected chi connectivity index (χ4v) is 1.62. The number of halogens is 2. The normalized spacial score (nSPS) is 13.2. The maximum Gasteiger partial charge on any atom is 0.131 e. The van der Waals surface area contributed by atoms with Gasteiger partial charge in [0.1, 0.15) is 5.15 Å². The Hall–Kier alpha value is -0.250. The summed E-state index contributed by atoms with van der Waals surface area (Å²) in [6, 6.07) is 0. The van der Waals surface area contributed by atoms with Gasteiger partial charge in [0, 0.05) is 31.1 Å². The fourth-order valence-electron chi connectivity index (χ4n) is 1.27. The van der Waals surface area contributed by atoms with Gasteiger partial charge in [-0.3, -0.25) is 4.68 Å². The summed E-state index contributed by atoms with van der Waals surface area (Å²) in [6.45, 7) is 5.39. The van der Waals surface area contributed by atoms with Gasteiger partial charge in [0.25, 0.3) is 0 Å². The Morgan fingerprint density at radius 2 is 2.21 bits per heavy atom. The summed E-state index contributed by atoms with van der Waals surface area (Å²) in [4.78, 5) is 0. The molecule has 1 heterocycles. The zero-order valence-corrected chi connectivity index (χ0v) is 10.2. The van der Waals surface area contributed by atoms with Crippen LogP contribution in [0.25, 0.3) is 0 Å². The van der Waals surface area contributed by atoms with Gasteiger partial charge in [0.05, 0.1) is 5.69 Å². The van der Waals surface area contributed by atoms with Gasteiger partial charge in [-0.25, -0.2) is 0 Å². The lowest BCUT2D eigenvalue weighted by Crippen LogP contribution is -2.21. The molecule has 0 aliphatic rings. The molecule has 0 aliphatic heterocycles. The number of nitrogens with one attached hydrogen (secondary N) is 1. The topological polar surface area (TPSA) is 29.9 Å². The third-order valence-electron chi connectivity index (χ3n) is 2.00. The van der Waals surface area contributed by atoms with Gasteiger partial charge in [0.2, 0.25) is 0 Å². The second-order valence-corrected chi connectivity index (χ2v) is 4.49. The van der Waals surface area contributed by atoms with Crippen LogP contribution in [0.3, 0.4) is 0 Å². The number of rotatable bonds is 4. The number of alkyl halides is 1. The molecule has 1 aromatic rings. The van der Waals surface area contributed by atoms with Crippen molar-refractivity contribution in [3.8, 4) is 0 Å². The summed E-state index contributed by atoms with van der Waals surface area (Å²) in [5.41, 5.74) is 2.01. The summed E-state index contributed by atoms with van der Waals surface area (Å²) in [6.07, 6.45) is 0. The van der Waals surface area contributed by atoms with E-state index in [4.69, 9.17) is 23.2 Å². The van der Waals surface area contributed by atoms with Gasteiger partial charge in [-0.1, -0.05) is 11.6 Å². The molecular weight excluding hydrogens is 221 g/mol. The first-order valence-corrected chi connectivity index (χ1v) is 5.36. The predicted molar refractivity (Wildman–Crippen MR) is 60.0 cm³/mol. The van der Waals surface area contributed by atoms with E-state index in [0.29, 0.717) is 5.15 Å². The highest BCUT2D eigenvalue weighted by Gasteiger charge is 2.10. The third-order valence-corrected chi connectivity index (χ3v) is 2.62. The molecule has 0 spiro atoms. The van der Waals surface area contributed by atoms with E-state index < -0.39 is 0 Å². The highest BCUT2D eigenvalue weighted by Crippen LogP contribution is 2.17. The van der Waals surface area contributed by atoms with Crippen LogP contribution in [0.5, 0.6) is 0 Å². The molecule has 14 heavy (non-hydrogen) atoms. The standard InChI is InChI=1S/C9H15Cl2N3/c1-6(10)4-12-5-8-7(2)13-14(3)9(8)11/h6,12H,4-5H2,1-3H3. The molecule has 3 nitrogen and oxygen atoms in total.